The van der Waals surface area contributed by atoms with Crippen molar-refractivity contribution >= 4 is 0 Å². The first kappa shape index (κ1) is 16.5. The van der Waals surface area contributed by atoms with Gasteiger partial charge in [0.15, 0.2) is 0 Å². The molecule has 1 aliphatic carbocycles. The van der Waals surface area contributed by atoms with E-state index < -0.39 is 0 Å². The Labute approximate surface area is 131 Å². The third kappa shape index (κ3) is 4.85. The van der Waals surface area contributed by atoms with Gasteiger partial charge >= 0.3 is 0 Å². The van der Waals surface area contributed by atoms with E-state index in [2.05, 4.69) is 51.2 Å². The second-order valence-electron chi connectivity index (χ2n) is 7.72. The van der Waals surface area contributed by atoms with E-state index in [-0.39, 0.29) is 0 Å². The number of hydrogen-bond acceptors (Lipinski definition) is 1. The van der Waals surface area contributed by atoms with Crippen molar-refractivity contribution < 1.29 is 0 Å². The van der Waals surface area contributed by atoms with Gasteiger partial charge in [-0.05, 0) is 66.7 Å². The summed E-state index contributed by atoms with van der Waals surface area (Å²) in [5.41, 5.74) is 5.13. The molecule has 1 aromatic rings. The van der Waals surface area contributed by atoms with Gasteiger partial charge in [0.2, 0.25) is 0 Å². The first-order valence-corrected chi connectivity index (χ1v) is 8.84. The molecule has 1 heteroatoms. The average Bonchev–Trinajstić information content (AvgIpc) is 2.85. The van der Waals surface area contributed by atoms with Crippen LogP contribution in [0, 0.1) is 11.3 Å². The van der Waals surface area contributed by atoms with Gasteiger partial charge in [-0.25, -0.2) is 0 Å². The van der Waals surface area contributed by atoms with Gasteiger partial charge in [0.1, 0.15) is 0 Å². The van der Waals surface area contributed by atoms with Crippen molar-refractivity contribution in [2.45, 2.75) is 66.2 Å². The summed E-state index contributed by atoms with van der Waals surface area (Å²) in [4.78, 5) is 0. The van der Waals surface area contributed by atoms with Crippen LogP contribution in [0.15, 0.2) is 18.2 Å². The number of benzene rings is 1. The maximum atomic E-state index is 3.68. The lowest BCUT2D eigenvalue weighted by molar-refractivity contribution is 0.271. The Bertz CT molecular complexity index is 449. The van der Waals surface area contributed by atoms with Crippen LogP contribution in [0.1, 0.15) is 63.6 Å². The normalized spacial score (nSPS) is 17.0. The Morgan fingerprint density at radius 1 is 1.19 bits per heavy atom. The first-order chi connectivity index (χ1) is 10.0. The SMILES string of the molecule is CCCC(C)(CNCC(C)C)Cc1ccc2c(c1)CCC2. The van der Waals surface area contributed by atoms with E-state index in [0.29, 0.717) is 5.41 Å². The maximum Gasteiger partial charge on any atom is 0.000846 e. The Hall–Kier alpha value is -0.820. The van der Waals surface area contributed by atoms with Crippen molar-refractivity contribution in [3.63, 3.8) is 0 Å². The van der Waals surface area contributed by atoms with Crippen molar-refractivity contribution in [2.75, 3.05) is 13.1 Å². The zero-order chi connectivity index (χ0) is 15.3. The van der Waals surface area contributed by atoms with E-state index in [4.69, 9.17) is 0 Å². The molecular weight excluding hydrogens is 254 g/mol. The molecule has 0 bridgehead atoms. The van der Waals surface area contributed by atoms with Crippen molar-refractivity contribution in [3.8, 4) is 0 Å². The molecule has 0 saturated carbocycles. The molecule has 0 radical (unpaired) electrons. The summed E-state index contributed by atoms with van der Waals surface area (Å²) in [6.07, 6.45) is 7.71. The van der Waals surface area contributed by atoms with Gasteiger partial charge in [-0.1, -0.05) is 52.3 Å². The van der Waals surface area contributed by atoms with Crippen LogP contribution < -0.4 is 5.32 Å². The van der Waals surface area contributed by atoms with E-state index >= 15 is 0 Å². The van der Waals surface area contributed by atoms with Crippen molar-refractivity contribution in [1.29, 1.82) is 0 Å². The van der Waals surface area contributed by atoms with Gasteiger partial charge < -0.3 is 5.32 Å². The number of nitrogens with one attached hydrogen (secondary N) is 1. The molecule has 0 aromatic heterocycles. The molecule has 0 saturated heterocycles. The quantitative estimate of drug-likeness (QED) is 0.726. The van der Waals surface area contributed by atoms with Gasteiger partial charge in [-0.15, -0.1) is 0 Å². The Morgan fingerprint density at radius 3 is 2.67 bits per heavy atom. The molecule has 0 amide bonds. The molecule has 1 aliphatic rings. The minimum absolute atomic E-state index is 0.385. The standard InChI is InChI=1S/C20H33N/c1-5-11-20(4,15-21-14-16(2)3)13-17-9-10-18-7-6-8-19(18)12-17/h9-10,12,16,21H,5-8,11,13-15H2,1-4H3. The van der Waals surface area contributed by atoms with Crippen molar-refractivity contribution in [3.05, 3.63) is 34.9 Å². The number of hydrogen-bond donors (Lipinski definition) is 1. The van der Waals surface area contributed by atoms with Gasteiger partial charge in [-0.3, -0.25) is 0 Å². The largest absolute Gasteiger partial charge is 0.316 e. The van der Waals surface area contributed by atoms with Crippen LogP contribution in [-0.4, -0.2) is 13.1 Å². The molecule has 118 valence electrons. The summed E-state index contributed by atoms with van der Waals surface area (Å²) in [6, 6.07) is 7.24. The summed E-state index contributed by atoms with van der Waals surface area (Å²) in [7, 11) is 0. The summed E-state index contributed by atoms with van der Waals surface area (Å²) in [5, 5.41) is 3.68. The highest BCUT2D eigenvalue weighted by Crippen LogP contribution is 2.30. The summed E-state index contributed by atoms with van der Waals surface area (Å²) < 4.78 is 0. The van der Waals surface area contributed by atoms with Crippen LogP contribution in [0.3, 0.4) is 0 Å². The Morgan fingerprint density at radius 2 is 1.95 bits per heavy atom. The highest BCUT2D eigenvalue weighted by molar-refractivity contribution is 5.35. The molecule has 1 aromatic carbocycles. The Kier molecular flexibility index (Phi) is 5.87. The second kappa shape index (κ2) is 7.45. The molecule has 0 aliphatic heterocycles. The second-order valence-corrected chi connectivity index (χ2v) is 7.72. The van der Waals surface area contributed by atoms with Crippen LogP contribution in [-0.2, 0) is 19.3 Å². The third-order valence-corrected chi connectivity index (χ3v) is 4.75. The Balaban J connectivity index is 2.00. The van der Waals surface area contributed by atoms with Crippen molar-refractivity contribution in [1.82, 2.24) is 5.32 Å². The van der Waals surface area contributed by atoms with E-state index in [1.807, 2.05) is 0 Å². The highest BCUT2D eigenvalue weighted by atomic mass is 14.9. The molecule has 1 N–H and O–H groups in total. The number of aryl methyl sites for hydroxylation is 2. The van der Waals surface area contributed by atoms with Gasteiger partial charge in [0.05, 0.1) is 0 Å². The fraction of sp³-hybridized carbons (Fsp3) is 0.700. The smallest absolute Gasteiger partial charge is 0.000846 e. The highest BCUT2D eigenvalue weighted by Gasteiger charge is 2.24. The van der Waals surface area contributed by atoms with Crippen LogP contribution in [0.2, 0.25) is 0 Å². The molecule has 0 fully saturated rings. The lowest BCUT2D eigenvalue weighted by Crippen LogP contribution is -2.35. The predicted octanol–water partition coefficient (Wildman–Crippen LogP) is 4.77. The van der Waals surface area contributed by atoms with Gasteiger partial charge in [0.25, 0.3) is 0 Å². The first-order valence-electron chi connectivity index (χ1n) is 8.84. The van der Waals surface area contributed by atoms with Crippen LogP contribution in [0.4, 0.5) is 0 Å². The molecule has 0 spiro atoms. The van der Waals surface area contributed by atoms with E-state index in [1.165, 1.54) is 44.1 Å². The average molecular weight is 287 g/mol. The minimum Gasteiger partial charge on any atom is -0.316 e. The van der Waals surface area contributed by atoms with Gasteiger partial charge in [-0.2, -0.15) is 0 Å². The van der Waals surface area contributed by atoms with Crippen molar-refractivity contribution in [2.24, 2.45) is 11.3 Å². The zero-order valence-corrected chi connectivity index (χ0v) is 14.5. The van der Waals surface area contributed by atoms with Crippen LogP contribution in [0.5, 0.6) is 0 Å². The zero-order valence-electron chi connectivity index (χ0n) is 14.5. The van der Waals surface area contributed by atoms with E-state index in [0.717, 1.165) is 19.0 Å². The maximum absolute atomic E-state index is 3.68. The lowest BCUT2D eigenvalue weighted by atomic mass is 9.79. The fourth-order valence-corrected chi connectivity index (χ4v) is 3.73. The third-order valence-electron chi connectivity index (χ3n) is 4.75. The summed E-state index contributed by atoms with van der Waals surface area (Å²) in [6.45, 7) is 11.6. The molecule has 1 nitrogen and oxygen atoms in total. The van der Waals surface area contributed by atoms with Gasteiger partial charge in [0, 0.05) is 6.54 Å². The number of fused-ring (bicyclic) bond motifs is 1. The van der Waals surface area contributed by atoms with E-state index in [9.17, 15) is 0 Å². The van der Waals surface area contributed by atoms with Crippen LogP contribution >= 0.6 is 0 Å². The molecule has 1 atom stereocenters. The van der Waals surface area contributed by atoms with Crippen LogP contribution in [0.25, 0.3) is 0 Å². The lowest BCUT2D eigenvalue weighted by Gasteiger charge is -2.30. The molecule has 1 unspecified atom stereocenters. The number of rotatable bonds is 8. The monoisotopic (exact) mass is 287 g/mol. The molecule has 0 heterocycles. The summed E-state index contributed by atoms with van der Waals surface area (Å²) in [5.74, 6) is 0.732. The van der Waals surface area contributed by atoms with E-state index in [1.54, 1.807) is 11.1 Å². The molecule has 2 rings (SSSR count). The molecular formula is C20H33N. The molecule has 21 heavy (non-hydrogen) atoms. The minimum atomic E-state index is 0.385. The topological polar surface area (TPSA) is 12.0 Å². The summed E-state index contributed by atoms with van der Waals surface area (Å²) >= 11 is 0. The fourth-order valence-electron chi connectivity index (χ4n) is 3.73. The predicted molar refractivity (Wildman–Crippen MR) is 92.9 cm³/mol.